The molecule has 0 amide bonds. The number of aromatic nitrogens is 2. The summed E-state index contributed by atoms with van der Waals surface area (Å²) < 4.78 is 0. The number of benzene rings is 1. The molecule has 25 heavy (non-hydrogen) atoms. The monoisotopic (exact) mass is 343 g/mol. The molecular formula is C17H21N5O3. The first-order valence-electron chi connectivity index (χ1n) is 8.32. The van der Waals surface area contributed by atoms with E-state index in [4.69, 9.17) is 0 Å². The lowest BCUT2D eigenvalue weighted by atomic mass is 10.1. The number of nitrogens with one attached hydrogen (secondary N) is 1. The van der Waals surface area contributed by atoms with Gasteiger partial charge in [0.1, 0.15) is 5.82 Å². The van der Waals surface area contributed by atoms with Crippen LogP contribution in [0.1, 0.15) is 12.6 Å². The van der Waals surface area contributed by atoms with Gasteiger partial charge in [-0.3, -0.25) is 10.1 Å². The fraction of sp³-hybridized carbons (Fsp3) is 0.412. The van der Waals surface area contributed by atoms with Crippen LogP contribution in [0.2, 0.25) is 0 Å². The predicted octanol–water partition coefficient (Wildman–Crippen LogP) is 1.38. The molecule has 1 aliphatic rings. The summed E-state index contributed by atoms with van der Waals surface area (Å²) in [7, 11) is 0. The second-order valence-corrected chi connectivity index (χ2v) is 5.98. The van der Waals surface area contributed by atoms with Crippen molar-refractivity contribution in [2.45, 2.75) is 19.4 Å². The molecule has 1 aromatic carbocycles. The van der Waals surface area contributed by atoms with Crippen molar-refractivity contribution < 1.29 is 10.0 Å². The van der Waals surface area contributed by atoms with Crippen molar-refractivity contribution >= 4 is 11.5 Å². The van der Waals surface area contributed by atoms with E-state index >= 15 is 0 Å². The van der Waals surface area contributed by atoms with Gasteiger partial charge in [-0.1, -0.05) is 6.92 Å². The maximum Gasteiger partial charge on any atom is 0.269 e. The van der Waals surface area contributed by atoms with Gasteiger partial charge >= 0.3 is 0 Å². The summed E-state index contributed by atoms with van der Waals surface area (Å²) in [5.74, 6) is 1.38. The number of hydrogen-bond acceptors (Lipinski definition) is 7. The van der Waals surface area contributed by atoms with Crippen molar-refractivity contribution in [3.63, 3.8) is 0 Å². The van der Waals surface area contributed by atoms with E-state index in [0.717, 1.165) is 36.6 Å². The van der Waals surface area contributed by atoms with Crippen LogP contribution in [0.25, 0.3) is 11.4 Å². The maximum atomic E-state index is 10.8. The van der Waals surface area contributed by atoms with Crippen LogP contribution in [0.4, 0.5) is 11.5 Å². The van der Waals surface area contributed by atoms with Gasteiger partial charge in [-0.25, -0.2) is 9.97 Å². The molecule has 0 bridgehead atoms. The van der Waals surface area contributed by atoms with Crippen molar-refractivity contribution in [2.75, 3.05) is 31.1 Å². The number of nitro groups is 1. The average Bonchev–Trinajstić information content (AvgIpc) is 2.67. The molecule has 1 aliphatic heterocycles. The summed E-state index contributed by atoms with van der Waals surface area (Å²) in [6.07, 6.45) is 0.769. The van der Waals surface area contributed by atoms with Gasteiger partial charge in [0, 0.05) is 55.1 Å². The molecule has 132 valence electrons. The van der Waals surface area contributed by atoms with E-state index in [-0.39, 0.29) is 18.3 Å². The molecule has 3 rings (SSSR count). The number of rotatable bonds is 5. The fourth-order valence-corrected chi connectivity index (χ4v) is 2.84. The number of piperazine rings is 1. The van der Waals surface area contributed by atoms with Gasteiger partial charge in [0.2, 0.25) is 0 Å². The van der Waals surface area contributed by atoms with Crippen LogP contribution in [-0.4, -0.2) is 52.3 Å². The smallest absolute Gasteiger partial charge is 0.269 e. The number of nitrogens with zero attached hydrogens (tertiary/aromatic N) is 4. The standard InChI is InChI=1S/C17H21N5O3/c1-2-13-9-16(21-8-7-18-14(10-21)11-23)20-17(19-13)12-3-5-15(6-4-12)22(24)25/h3-6,9,14,18,23H,2,7-8,10-11H2,1H3. The molecule has 0 spiro atoms. The molecule has 0 radical (unpaired) electrons. The molecule has 1 saturated heterocycles. The highest BCUT2D eigenvalue weighted by molar-refractivity contribution is 5.60. The van der Waals surface area contributed by atoms with Crippen LogP contribution < -0.4 is 10.2 Å². The van der Waals surface area contributed by atoms with E-state index in [1.807, 2.05) is 13.0 Å². The van der Waals surface area contributed by atoms with E-state index in [0.29, 0.717) is 12.4 Å². The highest BCUT2D eigenvalue weighted by atomic mass is 16.6. The van der Waals surface area contributed by atoms with Gasteiger partial charge in [0.15, 0.2) is 5.82 Å². The van der Waals surface area contributed by atoms with Crippen molar-refractivity contribution in [2.24, 2.45) is 0 Å². The highest BCUT2D eigenvalue weighted by Crippen LogP contribution is 2.23. The Kier molecular flexibility index (Phi) is 5.20. The van der Waals surface area contributed by atoms with Gasteiger partial charge in [-0.15, -0.1) is 0 Å². The minimum absolute atomic E-state index is 0.0246. The summed E-state index contributed by atoms with van der Waals surface area (Å²) in [6, 6.07) is 8.26. The Balaban J connectivity index is 1.93. The molecule has 1 unspecified atom stereocenters. The van der Waals surface area contributed by atoms with Gasteiger partial charge in [-0.2, -0.15) is 0 Å². The molecule has 1 fully saturated rings. The first kappa shape index (κ1) is 17.2. The lowest BCUT2D eigenvalue weighted by molar-refractivity contribution is -0.384. The Morgan fingerprint density at radius 3 is 2.76 bits per heavy atom. The Morgan fingerprint density at radius 1 is 1.36 bits per heavy atom. The number of aliphatic hydroxyl groups excluding tert-OH is 1. The molecule has 0 saturated carbocycles. The number of anilines is 1. The van der Waals surface area contributed by atoms with Crippen molar-refractivity contribution in [1.82, 2.24) is 15.3 Å². The summed E-state index contributed by atoms with van der Waals surface area (Å²) in [4.78, 5) is 21.7. The molecule has 8 heteroatoms. The third-order valence-corrected chi connectivity index (χ3v) is 4.26. The summed E-state index contributed by atoms with van der Waals surface area (Å²) in [5, 5.41) is 23.5. The zero-order valence-corrected chi connectivity index (χ0v) is 14.1. The zero-order valence-electron chi connectivity index (χ0n) is 14.1. The quantitative estimate of drug-likeness (QED) is 0.624. The van der Waals surface area contributed by atoms with Crippen molar-refractivity contribution in [3.8, 4) is 11.4 Å². The van der Waals surface area contributed by atoms with Crippen LogP contribution in [0.3, 0.4) is 0 Å². The molecule has 2 heterocycles. The first-order valence-corrected chi connectivity index (χ1v) is 8.32. The zero-order chi connectivity index (χ0) is 17.8. The minimum Gasteiger partial charge on any atom is -0.395 e. The SMILES string of the molecule is CCc1cc(N2CCNC(CO)C2)nc(-c2ccc([N+](=O)[O-])cc2)n1. The molecule has 8 nitrogen and oxygen atoms in total. The highest BCUT2D eigenvalue weighted by Gasteiger charge is 2.21. The van der Waals surface area contributed by atoms with Crippen LogP contribution in [0.15, 0.2) is 30.3 Å². The number of non-ortho nitro benzene ring substituents is 1. The molecule has 1 atom stereocenters. The van der Waals surface area contributed by atoms with Gasteiger partial charge in [0.25, 0.3) is 5.69 Å². The van der Waals surface area contributed by atoms with E-state index < -0.39 is 4.92 Å². The maximum absolute atomic E-state index is 10.8. The minimum atomic E-state index is -0.422. The lowest BCUT2D eigenvalue weighted by Crippen LogP contribution is -2.52. The summed E-state index contributed by atoms with van der Waals surface area (Å²) in [6.45, 7) is 4.37. The van der Waals surface area contributed by atoms with E-state index in [9.17, 15) is 15.2 Å². The predicted molar refractivity (Wildman–Crippen MR) is 94.6 cm³/mol. The first-order chi connectivity index (χ1) is 12.1. The van der Waals surface area contributed by atoms with Crippen LogP contribution >= 0.6 is 0 Å². The lowest BCUT2D eigenvalue weighted by Gasteiger charge is -2.33. The van der Waals surface area contributed by atoms with E-state index in [1.54, 1.807) is 12.1 Å². The van der Waals surface area contributed by atoms with Gasteiger partial charge < -0.3 is 15.3 Å². The second-order valence-electron chi connectivity index (χ2n) is 5.98. The van der Waals surface area contributed by atoms with E-state index in [1.165, 1.54) is 12.1 Å². The number of nitro benzene ring substituents is 1. The summed E-state index contributed by atoms with van der Waals surface area (Å²) >= 11 is 0. The molecule has 2 aromatic rings. The summed E-state index contributed by atoms with van der Waals surface area (Å²) in [5.41, 5.74) is 1.71. The van der Waals surface area contributed by atoms with Crippen molar-refractivity contribution in [3.05, 3.63) is 46.1 Å². The third-order valence-electron chi connectivity index (χ3n) is 4.26. The molecule has 1 aromatic heterocycles. The fourth-order valence-electron chi connectivity index (χ4n) is 2.84. The Bertz CT molecular complexity index is 750. The van der Waals surface area contributed by atoms with Crippen molar-refractivity contribution in [1.29, 1.82) is 0 Å². The number of aliphatic hydroxyl groups is 1. The van der Waals surface area contributed by atoms with Crippen LogP contribution in [-0.2, 0) is 6.42 Å². The van der Waals surface area contributed by atoms with Crippen LogP contribution in [0, 0.1) is 10.1 Å². The number of aryl methyl sites for hydroxylation is 1. The molecular weight excluding hydrogens is 322 g/mol. The average molecular weight is 343 g/mol. The Hall–Kier alpha value is -2.58. The Morgan fingerprint density at radius 2 is 2.12 bits per heavy atom. The number of hydrogen-bond donors (Lipinski definition) is 2. The largest absolute Gasteiger partial charge is 0.395 e. The second kappa shape index (κ2) is 7.54. The van der Waals surface area contributed by atoms with E-state index in [2.05, 4.69) is 20.2 Å². The Labute approximate surface area is 145 Å². The van der Waals surface area contributed by atoms with Crippen LogP contribution in [0.5, 0.6) is 0 Å². The van der Waals surface area contributed by atoms with Gasteiger partial charge in [0.05, 0.1) is 11.5 Å². The third kappa shape index (κ3) is 3.92. The normalized spacial score (nSPS) is 17.5. The molecule has 0 aliphatic carbocycles. The topological polar surface area (TPSA) is 104 Å². The van der Waals surface area contributed by atoms with Gasteiger partial charge in [-0.05, 0) is 18.6 Å². The molecule has 2 N–H and O–H groups in total.